The van der Waals surface area contributed by atoms with Crippen LogP contribution in [0.4, 0.5) is 0 Å². The lowest BCUT2D eigenvalue weighted by Crippen LogP contribution is -2.45. The number of hydrogen-bond donors (Lipinski definition) is 2. The molecule has 2 N–H and O–H groups in total. The molecule has 1 aromatic rings. The lowest BCUT2D eigenvalue weighted by molar-refractivity contribution is 0.428. The first-order chi connectivity index (χ1) is 9.97. The smallest absolute Gasteiger partial charge is 0.240 e. The van der Waals surface area contributed by atoms with Gasteiger partial charge in [-0.3, -0.25) is 0 Å². The molecule has 0 bridgehead atoms. The van der Waals surface area contributed by atoms with Gasteiger partial charge in [-0.1, -0.05) is 26.0 Å². The van der Waals surface area contributed by atoms with Gasteiger partial charge in [-0.15, -0.1) is 0 Å². The molecule has 118 valence electrons. The molecule has 0 spiro atoms. The van der Waals surface area contributed by atoms with Crippen molar-refractivity contribution in [3.8, 4) is 0 Å². The van der Waals surface area contributed by atoms with Crippen LogP contribution in [0, 0.1) is 5.92 Å². The van der Waals surface area contributed by atoms with Gasteiger partial charge in [0.15, 0.2) is 0 Å². The molecule has 2 rings (SSSR count). The zero-order valence-electron chi connectivity index (χ0n) is 12.9. The molecule has 21 heavy (non-hydrogen) atoms. The topological polar surface area (TPSA) is 58.2 Å². The Balaban J connectivity index is 1.99. The summed E-state index contributed by atoms with van der Waals surface area (Å²) in [5.74, 6) is 0.661. The van der Waals surface area contributed by atoms with E-state index in [1.54, 1.807) is 12.1 Å². The molecule has 4 nitrogen and oxygen atoms in total. The minimum absolute atomic E-state index is 0.00404. The average Bonchev–Trinajstić information content (AvgIpc) is 2.46. The van der Waals surface area contributed by atoms with E-state index in [4.69, 9.17) is 0 Å². The number of benzene rings is 1. The molecule has 1 heterocycles. The summed E-state index contributed by atoms with van der Waals surface area (Å²) < 4.78 is 27.5. The fourth-order valence-corrected chi connectivity index (χ4v) is 3.80. The van der Waals surface area contributed by atoms with Crippen molar-refractivity contribution in [2.24, 2.45) is 5.92 Å². The molecule has 1 fully saturated rings. The molecule has 1 aliphatic heterocycles. The molecule has 1 unspecified atom stereocenters. The Labute approximate surface area is 128 Å². The molecular formula is C16H26N2O2S. The van der Waals surface area contributed by atoms with Crippen LogP contribution in [0.15, 0.2) is 29.2 Å². The van der Waals surface area contributed by atoms with Gasteiger partial charge in [0.1, 0.15) is 0 Å². The lowest BCUT2D eigenvalue weighted by Gasteiger charge is -2.23. The highest BCUT2D eigenvalue weighted by Crippen LogP contribution is 2.15. The second-order valence-electron chi connectivity index (χ2n) is 6.24. The van der Waals surface area contributed by atoms with Gasteiger partial charge in [-0.2, -0.15) is 0 Å². The summed E-state index contributed by atoms with van der Waals surface area (Å²) >= 11 is 0. The maximum atomic E-state index is 12.3. The Hall–Kier alpha value is -0.910. The van der Waals surface area contributed by atoms with Crippen molar-refractivity contribution in [1.82, 2.24) is 10.0 Å². The Morgan fingerprint density at radius 1 is 1.29 bits per heavy atom. The van der Waals surface area contributed by atoms with Crippen LogP contribution in [0.2, 0.25) is 0 Å². The maximum Gasteiger partial charge on any atom is 0.240 e. The van der Waals surface area contributed by atoms with Gasteiger partial charge in [-0.05, 0) is 55.8 Å². The van der Waals surface area contributed by atoms with Crippen LogP contribution in [0.25, 0.3) is 0 Å². The highest BCUT2D eigenvalue weighted by Gasteiger charge is 2.21. The van der Waals surface area contributed by atoms with Crippen LogP contribution in [0.1, 0.15) is 38.7 Å². The van der Waals surface area contributed by atoms with E-state index in [9.17, 15) is 8.42 Å². The van der Waals surface area contributed by atoms with Crippen LogP contribution in [-0.4, -0.2) is 27.5 Å². The van der Waals surface area contributed by atoms with Crippen molar-refractivity contribution in [1.29, 1.82) is 0 Å². The van der Waals surface area contributed by atoms with Gasteiger partial charge < -0.3 is 5.32 Å². The first-order valence-electron chi connectivity index (χ1n) is 7.79. The monoisotopic (exact) mass is 310 g/mol. The summed E-state index contributed by atoms with van der Waals surface area (Å²) in [5, 5.41) is 3.22. The van der Waals surface area contributed by atoms with E-state index in [1.807, 2.05) is 12.1 Å². The minimum atomic E-state index is -3.40. The molecular weight excluding hydrogens is 284 g/mol. The summed E-state index contributed by atoms with van der Waals surface area (Å²) in [6, 6.07) is 7.29. The molecule has 5 heteroatoms. The Bertz CT molecular complexity index is 532. The van der Waals surface area contributed by atoms with Gasteiger partial charge in [0.2, 0.25) is 10.0 Å². The highest BCUT2D eigenvalue weighted by atomic mass is 32.2. The quantitative estimate of drug-likeness (QED) is 0.847. The molecule has 0 radical (unpaired) electrons. The summed E-state index contributed by atoms with van der Waals surface area (Å²) in [7, 11) is -3.40. The van der Waals surface area contributed by atoms with Gasteiger partial charge in [0, 0.05) is 12.6 Å². The average molecular weight is 310 g/mol. The molecule has 1 aliphatic rings. The largest absolute Gasteiger partial charge is 0.315 e. The summed E-state index contributed by atoms with van der Waals surface area (Å²) in [4.78, 5) is 0.362. The predicted octanol–water partition coefficient (Wildman–Crippen LogP) is 2.31. The molecule has 0 aromatic heterocycles. The number of rotatable bonds is 6. The second-order valence-corrected chi connectivity index (χ2v) is 7.96. The van der Waals surface area contributed by atoms with Crippen molar-refractivity contribution < 1.29 is 8.42 Å². The Morgan fingerprint density at radius 3 is 2.57 bits per heavy atom. The molecule has 1 saturated heterocycles. The van der Waals surface area contributed by atoms with E-state index in [0.29, 0.717) is 17.4 Å². The Morgan fingerprint density at radius 2 is 2.00 bits per heavy atom. The fraction of sp³-hybridized carbons (Fsp3) is 0.625. The van der Waals surface area contributed by atoms with Crippen LogP contribution >= 0.6 is 0 Å². The maximum absolute atomic E-state index is 12.3. The van der Waals surface area contributed by atoms with Crippen LogP contribution in [0.3, 0.4) is 0 Å². The van der Waals surface area contributed by atoms with E-state index in [2.05, 4.69) is 23.9 Å². The zero-order chi connectivity index (χ0) is 15.3. The number of nitrogens with one attached hydrogen (secondary N) is 2. The normalized spacial score (nSPS) is 19.9. The third-order valence-electron chi connectivity index (χ3n) is 3.86. The highest BCUT2D eigenvalue weighted by molar-refractivity contribution is 7.89. The SMILES string of the molecule is CC(C)CCc1ccc(S(=O)(=O)NC2CCCNC2)cc1. The van der Waals surface area contributed by atoms with Crippen LogP contribution in [0.5, 0.6) is 0 Å². The van der Waals surface area contributed by atoms with Gasteiger partial charge in [0.25, 0.3) is 0 Å². The summed E-state index contributed by atoms with van der Waals surface area (Å²) in [6.07, 6.45) is 4.04. The van der Waals surface area contributed by atoms with Crippen molar-refractivity contribution >= 4 is 10.0 Å². The number of hydrogen-bond acceptors (Lipinski definition) is 3. The number of aryl methyl sites for hydroxylation is 1. The van der Waals surface area contributed by atoms with Crippen molar-refractivity contribution in [3.05, 3.63) is 29.8 Å². The predicted molar refractivity (Wildman–Crippen MR) is 85.8 cm³/mol. The number of sulfonamides is 1. The summed E-state index contributed by atoms with van der Waals surface area (Å²) in [5.41, 5.74) is 1.20. The first kappa shape index (κ1) is 16.5. The first-order valence-corrected chi connectivity index (χ1v) is 9.27. The third kappa shape index (κ3) is 5.09. The molecule has 0 amide bonds. The molecule has 1 atom stereocenters. The van der Waals surface area contributed by atoms with Crippen LogP contribution in [-0.2, 0) is 16.4 Å². The van der Waals surface area contributed by atoms with E-state index >= 15 is 0 Å². The zero-order valence-corrected chi connectivity index (χ0v) is 13.7. The standard InChI is InChI=1S/C16H26N2O2S/c1-13(2)5-6-14-7-9-16(10-8-14)21(19,20)18-15-4-3-11-17-12-15/h7-10,13,15,17-18H,3-6,11-12H2,1-2H3. The summed E-state index contributed by atoms with van der Waals surface area (Å²) in [6.45, 7) is 6.08. The van der Waals surface area contributed by atoms with Crippen molar-refractivity contribution in [2.75, 3.05) is 13.1 Å². The molecule has 1 aromatic carbocycles. The lowest BCUT2D eigenvalue weighted by atomic mass is 10.0. The number of piperidine rings is 1. The van der Waals surface area contributed by atoms with Gasteiger partial charge >= 0.3 is 0 Å². The second kappa shape index (κ2) is 7.38. The fourth-order valence-electron chi connectivity index (χ4n) is 2.53. The minimum Gasteiger partial charge on any atom is -0.315 e. The van der Waals surface area contributed by atoms with Gasteiger partial charge in [-0.25, -0.2) is 13.1 Å². The van der Waals surface area contributed by atoms with E-state index in [0.717, 1.165) is 32.2 Å². The van der Waals surface area contributed by atoms with Crippen LogP contribution < -0.4 is 10.0 Å². The van der Waals surface area contributed by atoms with E-state index in [1.165, 1.54) is 5.56 Å². The molecule has 0 saturated carbocycles. The third-order valence-corrected chi connectivity index (χ3v) is 5.40. The Kier molecular flexibility index (Phi) is 5.79. The van der Waals surface area contributed by atoms with E-state index in [-0.39, 0.29) is 6.04 Å². The van der Waals surface area contributed by atoms with Crippen molar-refractivity contribution in [2.45, 2.75) is 50.5 Å². The van der Waals surface area contributed by atoms with Crippen molar-refractivity contribution in [3.63, 3.8) is 0 Å². The van der Waals surface area contributed by atoms with Gasteiger partial charge in [0.05, 0.1) is 4.90 Å². The van der Waals surface area contributed by atoms with E-state index < -0.39 is 10.0 Å². The molecule has 0 aliphatic carbocycles.